The number of carboxylic acids is 1. The van der Waals surface area contributed by atoms with Crippen LogP contribution in [-0.2, 0) is 17.8 Å². The lowest BCUT2D eigenvalue weighted by Crippen LogP contribution is -2.23. The number of thiophene rings is 1. The lowest BCUT2D eigenvalue weighted by atomic mass is 10.1. The highest BCUT2D eigenvalue weighted by atomic mass is 32.1. The third kappa shape index (κ3) is 4.22. The van der Waals surface area contributed by atoms with Crippen LogP contribution in [0.1, 0.15) is 38.6 Å². The van der Waals surface area contributed by atoms with Gasteiger partial charge in [0.1, 0.15) is 10.7 Å². The van der Waals surface area contributed by atoms with Crippen LogP contribution in [0.5, 0.6) is 0 Å². The molecule has 3 rings (SSSR count). The molecule has 0 aliphatic carbocycles. The van der Waals surface area contributed by atoms with Gasteiger partial charge in [-0.1, -0.05) is 12.1 Å². The number of aryl methyl sites for hydroxylation is 3. The zero-order chi connectivity index (χ0) is 19.6. The summed E-state index contributed by atoms with van der Waals surface area (Å²) < 4.78 is 0. The summed E-state index contributed by atoms with van der Waals surface area (Å²) in [5.41, 5.74) is 1.79. The Hall–Kier alpha value is -3.00. The number of aromatic nitrogens is 2. The van der Waals surface area contributed by atoms with Gasteiger partial charge in [0, 0.05) is 24.3 Å². The molecule has 0 saturated carbocycles. The maximum absolute atomic E-state index is 12.2. The summed E-state index contributed by atoms with van der Waals surface area (Å²) in [6.45, 7) is 4.17. The molecule has 1 amide bonds. The average molecular weight is 385 g/mol. The molecule has 0 aliphatic rings. The van der Waals surface area contributed by atoms with Crippen molar-refractivity contribution in [3.63, 3.8) is 0 Å². The van der Waals surface area contributed by atoms with Crippen LogP contribution in [0.3, 0.4) is 0 Å². The third-order valence-electron chi connectivity index (χ3n) is 4.37. The Bertz CT molecular complexity index is 1070. The van der Waals surface area contributed by atoms with E-state index in [1.807, 2.05) is 13.8 Å². The smallest absolute Gasteiger partial charge is 0.335 e. The SMILES string of the molecule is Cc1sc2nc(CCC(=O)NCc3ccc(C(=O)O)cc3)[nH]c(=O)c2c1C. The molecule has 0 saturated heterocycles. The number of nitrogens with zero attached hydrogens (tertiary/aromatic N) is 1. The molecule has 0 atom stereocenters. The van der Waals surface area contributed by atoms with Crippen molar-refractivity contribution in [2.45, 2.75) is 33.2 Å². The van der Waals surface area contributed by atoms with E-state index in [4.69, 9.17) is 5.11 Å². The molecule has 3 aromatic rings. The van der Waals surface area contributed by atoms with Gasteiger partial charge in [-0.3, -0.25) is 9.59 Å². The van der Waals surface area contributed by atoms with E-state index in [-0.39, 0.29) is 23.5 Å². The molecule has 0 fully saturated rings. The second-order valence-corrected chi connectivity index (χ2v) is 7.46. The minimum absolute atomic E-state index is 0.168. The van der Waals surface area contributed by atoms with E-state index in [1.165, 1.54) is 23.5 Å². The van der Waals surface area contributed by atoms with Gasteiger partial charge in [0.2, 0.25) is 5.91 Å². The first-order valence-corrected chi connectivity index (χ1v) is 9.24. The second kappa shape index (κ2) is 7.71. The number of aromatic amines is 1. The van der Waals surface area contributed by atoms with Gasteiger partial charge in [0.05, 0.1) is 10.9 Å². The van der Waals surface area contributed by atoms with Gasteiger partial charge in [-0.2, -0.15) is 0 Å². The van der Waals surface area contributed by atoms with Crippen molar-refractivity contribution in [3.05, 3.63) is 62.0 Å². The fourth-order valence-electron chi connectivity index (χ4n) is 2.70. The third-order valence-corrected chi connectivity index (χ3v) is 5.47. The van der Waals surface area contributed by atoms with Crippen molar-refractivity contribution in [1.29, 1.82) is 0 Å². The summed E-state index contributed by atoms with van der Waals surface area (Å²) in [5, 5.41) is 12.3. The van der Waals surface area contributed by atoms with Gasteiger partial charge < -0.3 is 15.4 Å². The molecule has 0 aliphatic heterocycles. The molecule has 2 aromatic heterocycles. The minimum Gasteiger partial charge on any atom is -0.478 e. The molecule has 140 valence electrons. The van der Waals surface area contributed by atoms with Crippen LogP contribution in [0.2, 0.25) is 0 Å². The molecule has 0 unspecified atom stereocenters. The first-order chi connectivity index (χ1) is 12.8. The Balaban J connectivity index is 1.58. The van der Waals surface area contributed by atoms with Crippen LogP contribution in [0.4, 0.5) is 0 Å². The highest BCUT2D eigenvalue weighted by Gasteiger charge is 2.12. The second-order valence-electron chi connectivity index (χ2n) is 6.25. The summed E-state index contributed by atoms with van der Waals surface area (Å²) >= 11 is 1.48. The van der Waals surface area contributed by atoms with Gasteiger partial charge in [-0.25, -0.2) is 9.78 Å². The van der Waals surface area contributed by atoms with Crippen LogP contribution in [-0.4, -0.2) is 27.0 Å². The van der Waals surface area contributed by atoms with Crippen LogP contribution in [0.15, 0.2) is 29.1 Å². The number of nitrogens with one attached hydrogen (secondary N) is 2. The Morgan fingerprint density at radius 1 is 1.22 bits per heavy atom. The highest BCUT2D eigenvalue weighted by molar-refractivity contribution is 7.18. The molecule has 0 spiro atoms. The first-order valence-electron chi connectivity index (χ1n) is 8.43. The maximum Gasteiger partial charge on any atom is 0.335 e. The number of amides is 1. The van der Waals surface area contributed by atoms with Crippen LogP contribution in [0, 0.1) is 13.8 Å². The van der Waals surface area contributed by atoms with E-state index < -0.39 is 5.97 Å². The fraction of sp³-hybridized carbons (Fsp3) is 0.263. The topological polar surface area (TPSA) is 112 Å². The number of H-pyrrole nitrogens is 1. The van der Waals surface area contributed by atoms with Crippen LogP contribution < -0.4 is 10.9 Å². The normalized spacial score (nSPS) is 10.9. The number of hydrogen-bond acceptors (Lipinski definition) is 5. The maximum atomic E-state index is 12.2. The number of carbonyl (C=O) groups is 2. The van der Waals surface area contributed by atoms with Crippen molar-refractivity contribution in [1.82, 2.24) is 15.3 Å². The zero-order valence-electron chi connectivity index (χ0n) is 15.0. The summed E-state index contributed by atoms with van der Waals surface area (Å²) in [6.07, 6.45) is 0.538. The standard InChI is InChI=1S/C19H19N3O4S/c1-10-11(2)27-18-16(10)17(24)21-14(22-18)7-8-15(23)20-9-12-3-5-13(6-4-12)19(25)26/h3-6H,7-9H2,1-2H3,(H,20,23)(H,25,26)(H,21,22,24). The van der Waals surface area contributed by atoms with Crippen LogP contribution >= 0.6 is 11.3 Å². The van der Waals surface area contributed by atoms with Crippen LogP contribution in [0.25, 0.3) is 10.2 Å². The first kappa shape index (κ1) is 18.8. The van der Waals surface area contributed by atoms with E-state index in [0.717, 1.165) is 16.0 Å². The quantitative estimate of drug-likeness (QED) is 0.604. The summed E-state index contributed by atoms with van der Waals surface area (Å²) in [7, 11) is 0. The predicted octanol–water partition coefficient (Wildman–Crippen LogP) is 2.55. The van der Waals surface area contributed by atoms with Gasteiger partial charge in [-0.15, -0.1) is 11.3 Å². The number of rotatable bonds is 6. The predicted molar refractivity (Wildman–Crippen MR) is 103 cm³/mol. The van der Waals surface area contributed by atoms with E-state index in [0.29, 0.717) is 29.0 Å². The largest absolute Gasteiger partial charge is 0.478 e. The lowest BCUT2D eigenvalue weighted by Gasteiger charge is -2.06. The number of fused-ring (bicyclic) bond motifs is 1. The molecular weight excluding hydrogens is 366 g/mol. The lowest BCUT2D eigenvalue weighted by molar-refractivity contribution is -0.121. The molecule has 0 bridgehead atoms. The van der Waals surface area contributed by atoms with E-state index in [2.05, 4.69) is 15.3 Å². The van der Waals surface area contributed by atoms with E-state index >= 15 is 0 Å². The highest BCUT2D eigenvalue weighted by Crippen LogP contribution is 2.25. The Morgan fingerprint density at radius 2 is 1.93 bits per heavy atom. The minimum atomic E-state index is -0.986. The molecule has 8 heteroatoms. The van der Waals surface area contributed by atoms with E-state index in [9.17, 15) is 14.4 Å². The van der Waals surface area contributed by atoms with Gasteiger partial charge in [-0.05, 0) is 37.1 Å². The van der Waals surface area contributed by atoms with Crippen molar-refractivity contribution < 1.29 is 14.7 Å². The van der Waals surface area contributed by atoms with Gasteiger partial charge >= 0.3 is 5.97 Å². The molecule has 2 heterocycles. The van der Waals surface area contributed by atoms with Crippen molar-refractivity contribution >= 4 is 33.4 Å². The Morgan fingerprint density at radius 3 is 2.59 bits per heavy atom. The van der Waals surface area contributed by atoms with Crippen molar-refractivity contribution in [2.24, 2.45) is 0 Å². The average Bonchev–Trinajstić information content (AvgIpc) is 2.93. The number of aromatic carboxylic acids is 1. The number of benzene rings is 1. The number of hydrogen-bond donors (Lipinski definition) is 3. The monoisotopic (exact) mass is 385 g/mol. The van der Waals surface area contributed by atoms with E-state index in [1.54, 1.807) is 12.1 Å². The summed E-state index contributed by atoms with van der Waals surface area (Å²) in [5.74, 6) is -0.659. The Kier molecular flexibility index (Phi) is 5.36. The zero-order valence-corrected chi connectivity index (χ0v) is 15.8. The molecule has 1 aromatic carbocycles. The number of carboxylic acid groups (broad SMARTS) is 1. The molecule has 7 nitrogen and oxygen atoms in total. The van der Waals surface area contributed by atoms with Gasteiger partial charge in [0.25, 0.3) is 5.56 Å². The van der Waals surface area contributed by atoms with Crippen molar-refractivity contribution in [3.8, 4) is 0 Å². The molecule has 3 N–H and O–H groups in total. The van der Waals surface area contributed by atoms with Gasteiger partial charge in [0.15, 0.2) is 0 Å². The summed E-state index contributed by atoms with van der Waals surface area (Å²) in [6, 6.07) is 6.33. The summed E-state index contributed by atoms with van der Waals surface area (Å²) in [4.78, 5) is 44.1. The van der Waals surface area contributed by atoms with Crippen molar-refractivity contribution in [2.75, 3.05) is 0 Å². The fourth-order valence-corrected chi connectivity index (χ4v) is 3.75. The molecule has 27 heavy (non-hydrogen) atoms. The molecule has 0 radical (unpaired) electrons. The molecular formula is C19H19N3O4S. The Labute approximate surface area is 159 Å². The number of carbonyl (C=O) groups excluding carboxylic acids is 1.